The third-order valence-electron chi connectivity index (χ3n) is 7.31. The van der Waals surface area contributed by atoms with Crippen LogP contribution in [0.25, 0.3) is 11.1 Å². The average molecular weight is 481 g/mol. The molecule has 0 radical (unpaired) electrons. The van der Waals surface area contributed by atoms with Crippen molar-refractivity contribution in [2.45, 2.75) is 50.7 Å². The van der Waals surface area contributed by atoms with Gasteiger partial charge in [-0.15, -0.1) is 0 Å². The van der Waals surface area contributed by atoms with Gasteiger partial charge in [0.2, 0.25) is 5.91 Å². The van der Waals surface area contributed by atoms with Crippen LogP contribution in [0.3, 0.4) is 0 Å². The molecule has 35 heavy (non-hydrogen) atoms. The van der Waals surface area contributed by atoms with Crippen molar-refractivity contribution in [3.8, 4) is 11.1 Å². The van der Waals surface area contributed by atoms with E-state index in [2.05, 4.69) is 22.8 Å². The fraction of sp³-hybridized carbons (Fsp3) is 0.444. The van der Waals surface area contributed by atoms with Crippen molar-refractivity contribution in [1.29, 1.82) is 0 Å². The van der Waals surface area contributed by atoms with Crippen LogP contribution in [0.1, 0.15) is 50.2 Å². The third-order valence-corrected chi connectivity index (χ3v) is 7.31. The minimum Gasteiger partial charge on any atom is -0.479 e. The van der Waals surface area contributed by atoms with Gasteiger partial charge in [0.15, 0.2) is 6.10 Å². The average Bonchev–Trinajstić information content (AvgIpc) is 3.47. The van der Waals surface area contributed by atoms with Gasteiger partial charge in [-0.05, 0) is 41.5 Å². The van der Waals surface area contributed by atoms with E-state index in [1.165, 1.54) is 0 Å². The number of alkyl carbamates (subject to hydrolysis) is 1. The van der Waals surface area contributed by atoms with Gasteiger partial charge in [-0.3, -0.25) is 4.79 Å². The second kappa shape index (κ2) is 10.5. The maximum Gasteiger partial charge on any atom is 0.408 e. The van der Waals surface area contributed by atoms with E-state index < -0.39 is 23.7 Å². The van der Waals surface area contributed by atoms with Crippen molar-refractivity contribution in [3.63, 3.8) is 0 Å². The van der Waals surface area contributed by atoms with Crippen LogP contribution in [0.5, 0.6) is 0 Å². The number of fused-ring (bicyclic) bond motifs is 3. The fourth-order valence-electron chi connectivity index (χ4n) is 5.14. The van der Waals surface area contributed by atoms with Gasteiger partial charge in [0.05, 0.1) is 0 Å². The number of hydrogen-bond acceptors (Lipinski definition) is 5. The van der Waals surface area contributed by atoms with E-state index in [1.54, 1.807) is 0 Å². The molecule has 2 amide bonds. The lowest BCUT2D eigenvalue weighted by molar-refractivity contribution is -0.149. The van der Waals surface area contributed by atoms with Crippen LogP contribution < -0.4 is 10.6 Å². The number of hydrogen-bond donors (Lipinski definition) is 3. The molecule has 4 rings (SSSR count). The summed E-state index contributed by atoms with van der Waals surface area (Å²) in [5.74, 6) is -1.77. The van der Waals surface area contributed by atoms with Gasteiger partial charge in [0, 0.05) is 25.0 Å². The molecule has 0 spiro atoms. The summed E-state index contributed by atoms with van der Waals surface area (Å²) in [7, 11) is 0. The highest BCUT2D eigenvalue weighted by Crippen LogP contribution is 2.44. The predicted octanol–water partition coefficient (Wildman–Crippen LogP) is 3.69. The second-order valence-corrected chi connectivity index (χ2v) is 9.13. The smallest absolute Gasteiger partial charge is 0.408 e. The van der Waals surface area contributed by atoms with E-state index in [0.717, 1.165) is 22.3 Å². The normalized spacial score (nSPS) is 19.0. The summed E-state index contributed by atoms with van der Waals surface area (Å²) in [6.07, 6.45) is -0.296. The minimum atomic E-state index is -1.15. The lowest BCUT2D eigenvalue weighted by atomic mass is 9.91. The summed E-state index contributed by atoms with van der Waals surface area (Å²) >= 11 is 0. The number of ether oxygens (including phenoxy) is 2. The van der Waals surface area contributed by atoms with E-state index in [-0.39, 0.29) is 30.9 Å². The maximum atomic E-state index is 13.1. The molecule has 2 aromatic carbocycles. The zero-order chi connectivity index (χ0) is 25.0. The van der Waals surface area contributed by atoms with Crippen molar-refractivity contribution in [2.75, 3.05) is 19.8 Å². The Bertz CT molecular complexity index is 1050. The van der Waals surface area contributed by atoms with Crippen LogP contribution in [-0.4, -0.2) is 54.5 Å². The molecule has 1 heterocycles. The molecule has 2 aromatic rings. The Balaban J connectivity index is 1.39. The number of carbonyl (C=O) groups excluding carboxylic acids is 2. The first-order valence-electron chi connectivity index (χ1n) is 12.2. The number of carboxylic acids is 1. The summed E-state index contributed by atoms with van der Waals surface area (Å²) < 4.78 is 10.9. The van der Waals surface area contributed by atoms with Crippen LogP contribution in [0.2, 0.25) is 0 Å². The Labute approximate surface area is 205 Å². The molecular formula is C27H32N2O6. The summed E-state index contributed by atoms with van der Waals surface area (Å²) in [6.45, 7) is 4.33. The summed E-state index contributed by atoms with van der Waals surface area (Å²) in [4.78, 5) is 37.3. The summed E-state index contributed by atoms with van der Waals surface area (Å²) in [6, 6.07) is 16.2. The lowest BCUT2D eigenvalue weighted by Crippen LogP contribution is -2.59. The molecule has 1 aliphatic heterocycles. The molecule has 1 aliphatic carbocycles. The van der Waals surface area contributed by atoms with Crippen molar-refractivity contribution in [3.05, 3.63) is 59.7 Å². The number of amides is 2. The van der Waals surface area contributed by atoms with E-state index in [4.69, 9.17) is 9.47 Å². The molecule has 0 aromatic heterocycles. The van der Waals surface area contributed by atoms with Crippen molar-refractivity contribution < 1.29 is 29.0 Å². The van der Waals surface area contributed by atoms with E-state index >= 15 is 0 Å². The van der Waals surface area contributed by atoms with Crippen molar-refractivity contribution in [2.24, 2.45) is 5.92 Å². The minimum absolute atomic E-state index is 0.0741. The molecule has 0 bridgehead atoms. The van der Waals surface area contributed by atoms with Gasteiger partial charge < -0.3 is 25.2 Å². The zero-order valence-corrected chi connectivity index (χ0v) is 20.1. The van der Waals surface area contributed by atoms with Crippen molar-refractivity contribution >= 4 is 18.0 Å². The number of carboxylic acid groups (broad SMARTS) is 1. The quantitative estimate of drug-likeness (QED) is 0.504. The fourth-order valence-corrected chi connectivity index (χ4v) is 5.14. The second-order valence-electron chi connectivity index (χ2n) is 9.13. The molecule has 0 unspecified atom stereocenters. The van der Waals surface area contributed by atoms with E-state index in [1.807, 2.05) is 50.2 Å². The van der Waals surface area contributed by atoms with Crippen molar-refractivity contribution in [1.82, 2.24) is 10.6 Å². The molecule has 186 valence electrons. The Morgan fingerprint density at radius 2 is 1.63 bits per heavy atom. The lowest BCUT2D eigenvalue weighted by Gasteiger charge is -2.31. The van der Waals surface area contributed by atoms with Gasteiger partial charge in [0.25, 0.3) is 0 Å². The third kappa shape index (κ3) is 4.89. The molecule has 3 N–H and O–H groups in total. The van der Waals surface area contributed by atoms with Gasteiger partial charge >= 0.3 is 12.1 Å². The van der Waals surface area contributed by atoms with Gasteiger partial charge in [-0.2, -0.15) is 0 Å². The largest absolute Gasteiger partial charge is 0.479 e. The van der Waals surface area contributed by atoms with Gasteiger partial charge in [-0.1, -0.05) is 62.4 Å². The Kier molecular flexibility index (Phi) is 7.40. The monoisotopic (exact) mass is 480 g/mol. The molecule has 8 heteroatoms. The molecule has 8 nitrogen and oxygen atoms in total. The topological polar surface area (TPSA) is 114 Å². The molecular weight excluding hydrogens is 448 g/mol. The molecule has 0 saturated carbocycles. The zero-order valence-electron chi connectivity index (χ0n) is 20.1. The summed E-state index contributed by atoms with van der Waals surface area (Å²) in [5, 5.41) is 14.9. The highest BCUT2D eigenvalue weighted by atomic mass is 16.5. The first kappa shape index (κ1) is 24.7. The molecule has 2 atom stereocenters. The standard InChI is InChI=1S/C27H32N2O6/c1-3-27(4-2,25(32)28-15-17-13-14-34-23(17)24(30)31)29-26(33)35-16-22-20-11-7-5-9-18(20)19-10-6-8-12-21(19)22/h5-12,17,22-23H,3-4,13-16H2,1-2H3,(H,28,32)(H,29,33)(H,30,31)/t17-,23-/m1/s1. The number of benzene rings is 2. The maximum absolute atomic E-state index is 13.1. The first-order chi connectivity index (χ1) is 16.9. The number of carbonyl (C=O) groups is 3. The van der Waals surface area contributed by atoms with Crippen LogP contribution in [-0.2, 0) is 19.1 Å². The highest BCUT2D eigenvalue weighted by molar-refractivity contribution is 5.90. The van der Waals surface area contributed by atoms with Crippen LogP contribution in [0.4, 0.5) is 4.79 Å². The van der Waals surface area contributed by atoms with Crippen LogP contribution in [0, 0.1) is 5.92 Å². The SMILES string of the molecule is CCC(CC)(NC(=O)OCC1c2ccccc2-c2ccccc21)C(=O)NC[C@H]1CCO[C@H]1C(=O)O. The Hall–Kier alpha value is -3.39. The Morgan fingerprint density at radius 3 is 2.20 bits per heavy atom. The van der Waals surface area contributed by atoms with E-state index in [0.29, 0.717) is 25.9 Å². The number of aliphatic carboxylic acids is 1. The molecule has 1 saturated heterocycles. The number of rotatable bonds is 9. The van der Waals surface area contributed by atoms with Gasteiger partial charge in [0.1, 0.15) is 12.1 Å². The first-order valence-corrected chi connectivity index (χ1v) is 12.2. The summed E-state index contributed by atoms with van der Waals surface area (Å²) in [5.41, 5.74) is 3.36. The predicted molar refractivity (Wildman–Crippen MR) is 130 cm³/mol. The van der Waals surface area contributed by atoms with Crippen LogP contribution >= 0.6 is 0 Å². The van der Waals surface area contributed by atoms with Crippen LogP contribution in [0.15, 0.2) is 48.5 Å². The molecule has 1 fully saturated rings. The molecule has 2 aliphatic rings. The Morgan fingerprint density at radius 1 is 1.03 bits per heavy atom. The van der Waals surface area contributed by atoms with E-state index in [9.17, 15) is 19.5 Å². The number of nitrogens with one attached hydrogen (secondary N) is 2. The highest BCUT2D eigenvalue weighted by Gasteiger charge is 2.40. The van der Waals surface area contributed by atoms with Gasteiger partial charge in [-0.25, -0.2) is 9.59 Å².